The van der Waals surface area contributed by atoms with Gasteiger partial charge in [0, 0.05) is 23.9 Å². The van der Waals surface area contributed by atoms with Gasteiger partial charge in [-0.3, -0.25) is 0 Å². The van der Waals surface area contributed by atoms with Crippen molar-refractivity contribution >= 4 is 88.4 Å². The molecule has 2 aliphatic heterocycles. The van der Waals surface area contributed by atoms with Crippen LogP contribution in [0, 0.1) is 10.8 Å². The highest BCUT2D eigenvalue weighted by molar-refractivity contribution is 6.42. The second-order valence-electron chi connectivity index (χ2n) is 14.0. The van der Waals surface area contributed by atoms with Crippen molar-refractivity contribution in [2.24, 2.45) is 21.0 Å². The lowest BCUT2D eigenvalue weighted by atomic mass is 9.85. The molecule has 2 heterocycles. The van der Waals surface area contributed by atoms with Crippen molar-refractivity contribution in [3.63, 3.8) is 0 Å². The summed E-state index contributed by atoms with van der Waals surface area (Å²) in [5.74, 6) is 0. The Morgan fingerprint density at radius 3 is 1.37 bits per heavy atom. The number of benzene rings is 2. The largest absolute Gasteiger partial charge is 0.355 e. The Kier molecular flexibility index (Phi) is 16.4. The molecule has 49 heavy (non-hydrogen) atoms. The van der Waals surface area contributed by atoms with Gasteiger partial charge in [-0.1, -0.05) is 111 Å². The van der Waals surface area contributed by atoms with E-state index in [1.165, 1.54) is 38.5 Å². The van der Waals surface area contributed by atoms with Gasteiger partial charge in [0.05, 0.1) is 31.5 Å². The molecule has 2 saturated heterocycles. The minimum Gasteiger partial charge on any atom is -0.302 e. The number of hydrogen-bond donors (Lipinski definition) is 2. The first-order chi connectivity index (χ1) is 22.8. The summed E-state index contributed by atoms with van der Waals surface area (Å²) >= 11 is 24.8. The van der Waals surface area contributed by atoms with Gasteiger partial charge in [-0.25, -0.2) is 15.6 Å². The minimum atomic E-state index is -0.529. The first kappa shape index (κ1) is 41.3. The standard InChI is InChI=1S/C37H48Cl4N6O.ClH/c1-36(2,25-46-19-7-5-8-20-46)33(17-13-27-11-15-29(38)31(40)23-27)42-44-35(48)45-43-34(18-14-28-12-16-30(39)32(41)24-28)37(3,4)26-47-21-9-6-10-22-47;/h11-18,23-24H,5-10,19-22,25-26H2,1-4H3,(H2,44,45,48);1H/b17-13+,18-14+,42-33-,43-34-;. The number of amides is 2. The molecule has 4 rings (SSSR count). The van der Waals surface area contributed by atoms with Gasteiger partial charge in [-0.2, -0.15) is 10.2 Å². The van der Waals surface area contributed by atoms with Crippen LogP contribution in [0.1, 0.15) is 77.3 Å². The molecular weight excluding hydrogens is 722 g/mol. The second kappa shape index (κ2) is 19.5. The highest BCUT2D eigenvalue weighted by atomic mass is 35.5. The molecular formula is C37H49Cl5N6O. The predicted octanol–water partition coefficient (Wildman–Crippen LogP) is 10.5. The van der Waals surface area contributed by atoms with Gasteiger partial charge in [-0.05, 0) is 99.4 Å². The van der Waals surface area contributed by atoms with E-state index in [1.807, 2.05) is 48.6 Å². The molecule has 0 radical (unpaired) electrons. The summed E-state index contributed by atoms with van der Waals surface area (Å²) in [7, 11) is 0. The maximum absolute atomic E-state index is 13.2. The Bertz CT molecular complexity index is 1410. The summed E-state index contributed by atoms with van der Waals surface area (Å²) < 4.78 is 0. The predicted molar refractivity (Wildman–Crippen MR) is 213 cm³/mol. The molecule has 2 N–H and O–H groups in total. The van der Waals surface area contributed by atoms with Gasteiger partial charge in [0.15, 0.2) is 0 Å². The third kappa shape index (κ3) is 13.2. The maximum Gasteiger partial charge on any atom is 0.355 e. The number of likely N-dealkylation sites (tertiary alicyclic amines) is 2. The van der Waals surface area contributed by atoms with Crippen molar-refractivity contribution in [3.8, 4) is 0 Å². The number of nitrogens with zero attached hydrogens (tertiary/aromatic N) is 4. The number of hydrazone groups is 2. The van der Waals surface area contributed by atoms with Crippen molar-refractivity contribution in [1.82, 2.24) is 20.7 Å². The number of allylic oxidation sites excluding steroid dienone is 2. The van der Waals surface area contributed by atoms with Gasteiger partial charge >= 0.3 is 6.03 Å². The van der Waals surface area contributed by atoms with E-state index in [2.05, 4.69) is 58.5 Å². The molecule has 0 atom stereocenters. The van der Waals surface area contributed by atoms with Crippen LogP contribution in [0.5, 0.6) is 0 Å². The van der Waals surface area contributed by atoms with Crippen LogP contribution in [-0.4, -0.2) is 66.5 Å². The van der Waals surface area contributed by atoms with E-state index in [9.17, 15) is 4.79 Å². The minimum absolute atomic E-state index is 0. The third-order valence-corrected chi connectivity index (χ3v) is 10.3. The van der Waals surface area contributed by atoms with E-state index in [0.29, 0.717) is 20.1 Å². The van der Waals surface area contributed by atoms with Gasteiger partial charge in [0.25, 0.3) is 0 Å². The Morgan fingerprint density at radius 1 is 0.653 bits per heavy atom. The number of carbonyl (C=O) groups excluding carboxylic acids is 1. The number of urea groups is 1. The summed E-state index contributed by atoms with van der Waals surface area (Å²) in [6, 6.07) is 10.4. The molecule has 268 valence electrons. The van der Waals surface area contributed by atoms with E-state index >= 15 is 0 Å². The van der Waals surface area contributed by atoms with Crippen molar-refractivity contribution in [2.75, 3.05) is 39.3 Å². The second-order valence-corrected chi connectivity index (χ2v) is 15.6. The van der Waals surface area contributed by atoms with Crippen LogP contribution in [0.2, 0.25) is 20.1 Å². The van der Waals surface area contributed by atoms with Crippen LogP contribution in [0.15, 0.2) is 58.8 Å². The summed E-state index contributed by atoms with van der Waals surface area (Å²) in [4.78, 5) is 18.2. The van der Waals surface area contributed by atoms with Crippen LogP contribution >= 0.6 is 58.8 Å². The van der Waals surface area contributed by atoms with Crippen molar-refractivity contribution < 1.29 is 4.79 Å². The van der Waals surface area contributed by atoms with E-state index < -0.39 is 6.03 Å². The molecule has 7 nitrogen and oxygen atoms in total. The SMILES string of the molecule is CC(C)(CN1CCCCC1)C(/C=C/c1ccc(Cl)c(Cl)c1)=N\NC(=O)N/N=C(/C=C/c1ccc(Cl)c(Cl)c1)C(C)(C)CN1CCCCC1.Cl. The first-order valence-corrected chi connectivity index (χ1v) is 18.3. The average Bonchev–Trinajstić information content (AvgIpc) is 3.04. The van der Waals surface area contributed by atoms with E-state index in [4.69, 9.17) is 46.4 Å². The van der Waals surface area contributed by atoms with Crippen LogP contribution in [0.4, 0.5) is 4.79 Å². The van der Waals surface area contributed by atoms with Gasteiger partial charge in [0.1, 0.15) is 0 Å². The molecule has 2 fully saturated rings. The molecule has 2 aromatic rings. The van der Waals surface area contributed by atoms with Crippen LogP contribution in [-0.2, 0) is 0 Å². The fourth-order valence-electron chi connectivity index (χ4n) is 6.17. The number of halogens is 5. The van der Waals surface area contributed by atoms with Gasteiger partial charge in [0.2, 0.25) is 0 Å². The molecule has 0 aromatic heterocycles. The summed E-state index contributed by atoms with van der Waals surface area (Å²) in [6.07, 6.45) is 15.0. The monoisotopic (exact) mass is 768 g/mol. The zero-order chi connectivity index (χ0) is 34.7. The molecule has 2 aromatic carbocycles. The number of piperidine rings is 2. The van der Waals surface area contributed by atoms with Crippen molar-refractivity contribution in [2.45, 2.75) is 66.2 Å². The lowest BCUT2D eigenvalue weighted by molar-refractivity contribution is 0.186. The van der Waals surface area contributed by atoms with Gasteiger partial charge < -0.3 is 9.80 Å². The van der Waals surface area contributed by atoms with Crippen molar-refractivity contribution in [3.05, 3.63) is 79.8 Å². The molecule has 2 aliphatic rings. The van der Waals surface area contributed by atoms with E-state index in [1.54, 1.807) is 12.1 Å². The average molecular weight is 771 g/mol. The van der Waals surface area contributed by atoms with Gasteiger partial charge in [-0.15, -0.1) is 12.4 Å². The fraction of sp³-hybridized carbons (Fsp3) is 0.486. The highest BCUT2D eigenvalue weighted by Crippen LogP contribution is 2.28. The zero-order valence-electron chi connectivity index (χ0n) is 28.9. The number of rotatable bonds is 12. The summed E-state index contributed by atoms with van der Waals surface area (Å²) in [5.41, 5.74) is 7.92. The fourth-order valence-corrected chi connectivity index (χ4v) is 6.79. The topological polar surface area (TPSA) is 72.3 Å². The number of hydrogen-bond acceptors (Lipinski definition) is 5. The Hall–Kier alpha value is -2.10. The quantitative estimate of drug-likeness (QED) is 0.167. The van der Waals surface area contributed by atoms with E-state index in [0.717, 1.165) is 61.8 Å². The normalized spacial score (nSPS) is 17.4. The molecule has 0 unspecified atom stereocenters. The van der Waals surface area contributed by atoms with Crippen molar-refractivity contribution in [1.29, 1.82) is 0 Å². The number of carbonyl (C=O) groups is 1. The van der Waals surface area contributed by atoms with Crippen LogP contribution in [0.25, 0.3) is 12.2 Å². The Labute approximate surface area is 318 Å². The zero-order valence-corrected chi connectivity index (χ0v) is 32.7. The number of nitrogens with one attached hydrogen (secondary N) is 2. The molecule has 0 bridgehead atoms. The lowest BCUT2D eigenvalue weighted by Gasteiger charge is -2.35. The molecule has 2 amide bonds. The van der Waals surface area contributed by atoms with Crippen LogP contribution < -0.4 is 10.9 Å². The van der Waals surface area contributed by atoms with E-state index in [-0.39, 0.29) is 23.2 Å². The first-order valence-electron chi connectivity index (χ1n) is 16.8. The maximum atomic E-state index is 13.2. The third-order valence-electron chi connectivity index (χ3n) is 8.83. The smallest absolute Gasteiger partial charge is 0.302 e. The molecule has 0 saturated carbocycles. The Morgan fingerprint density at radius 2 is 1.02 bits per heavy atom. The summed E-state index contributed by atoms with van der Waals surface area (Å²) in [5, 5.41) is 11.2. The lowest BCUT2D eigenvalue weighted by Crippen LogP contribution is -2.43. The van der Waals surface area contributed by atoms with Crippen LogP contribution in [0.3, 0.4) is 0 Å². The highest BCUT2D eigenvalue weighted by Gasteiger charge is 2.29. The summed E-state index contributed by atoms with van der Waals surface area (Å²) in [6.45, 7) is 14.4. The molecule has 0 aliphatic carbocycles. The molecule has 12 heteroatoms. The molecule has 0 spiro atoms. The Balaban J connectivity index is 0.00000650.